The number of hydrogen-bond donors (Lipinski definition) is 1. The highest BCUT2D eigenvalue weighted by atomic mass is 32.1. The quantitative estimate of drug-likeness (QED) is 0.870. The van der Waals surface area contributed by atoms with Crippen molar-refractivity contribution < 1.29 is 4.74 Å². The predicted octanol–water partition coefficient (Wildman–Crippen LogP) is 1.35. The summed E-state index contributed by atoms with van der Waals surface area (Å²) in [6.07, 6.45) is 0. The molecule has 0 spiro atoms. The Labute approximate surface area is 104 Å². The number of nitrogen functional groups attached to an aromatic ring is 1. The molecule has 0 aliphatic heterocycles. The molecule has 5 nitrogen and oxygen atoms in total. The molecule has 0 saturated carbocycles. The van der Waals surface area contributed by atoms with Crippen LogP contribution in [-0.4, -0.2) is 42.2 Å². The Kier molecular flexibility index (Phi) is 3.88. The van der Waals surface area contributed by atoms with Gasteiger partial charge in [-0.1, -0.05) is 0 Å². The summed E-state index contributed by atoms with van der Waals surface area (Å²) in [4.78, 5) is 11.9. The fourth-order valence-electron chi connectivity index (χ4n) is 1.56. The molecule has 2 rings (SSSR count). The van der Waals surface area contributed by atoms with E-state index in [0.29, 0.717) is 19.0 Å². The van der Waals surface area contributed by atoms with Gasteiger partial charge in [-0.05, 0) is 18.5 Å². The van der Waals surface area contributed by atoms with Gasteiger partial charge < -0.3 is 10.5 Å². The van der Waals surface area contributed by atoms with Crippen LogP contribution < -0.4 is 5.73 Å². The molecule has 0 aliphatic carbocycles. The Balaban J connectivity index is 2.13. The van der Waals surface area contributed by atoms with E-state index in [-0.39, 0.29) is 0 Å². The Morgan fingerprint density at radius 2 is 2.29 bits per heavy atom. The summed E-state index contributed by atoms with van der Waals surface area (Å²) in [7, 11) is 3.71. The lowest BCUT2D eigenvalue weighted by Gasteiger charge is -2.14. The lowest BCUT2D eigenvalue weighted by atomic mass is 10.4. The third kappa shape index (κ3) is 2.91. The third-order valence-corrected chi connectivity index (χ3v) is 3.30. The Morgan fingerprint density at radius 3 is 3.06 bits per heavy atom. The summed E-state index contributed by atoms with van der Waals surface area (Å²) < 4.78 is 5.03. The van der Waals surface area contributed by atoms with Crippen molar-refractivity contribution in [3.63, 3.8) is 0 Å². The van der Waals surface area contributed by atoms with Gasteiger partial charge in [0.15, 0.2) is 0 Å². The second-order valence-electron chi connectivity index (χ2n) is 3.90. The van der Waals surface area contributed by atoms with Gasteiger partial charge in [0.1, 0.15) is 16.5 Å². The minimum absolute atomic E-state index is 0.561. The van der Waals surface area contributed by atoms with Crippen molar-refractivity contribution in [1.82, 2.24) is 14.9 Å². The first-order chi connectivity index (χ1) is 8.20. The molecule has 0 radical (unpaired) electrons. The number of rotatable bonds is 5. The topological polar surface area (TPSA) is 64.3 Å². The molecule has 2 aromatic rings. The zero-order valence-electron chi connectivity index (χ0n) is 10.0. The number of anilines is 1. The van der Waals surface area contributed by atoms with Gasteiger partial charge in [0, 0.05) is 13.7 Å². The van der Waals surface area contributed by atoms with Crippen LogP contribution in [0.15, 0.2) is 11.4 Å². The van der Waals surface area contributed by atoms with Crippen LogP contribution in [-0.2, 0) is 11.3 Å². The van der Waals surface area contributed by atoms with Crippen LogP contribution in [0.5, 0.6) is 0 Å². The van der Waals surface area contributed by atoms with E-state index < -0.39 is 0 Å². The standard InChI is InChI=1S/C11H16N4OS/c1-15(4-5-16-2)7-9-13-10(12)8-3-6-17-11(8)14-9/h3,6H,4-5,7H2,1-2H3,(H2,12,13,14). The monoisotopic (exact) mass is 252 g/mol. The fraction of sp³-hybridized carbons (Fsp3) is 0.455. The summed E-state index contributed by atoms with van der Waals surface area (Å²) in [6, 6.07) is 1.95. The van der Waals surface area contributed by atoms with Gasteiger partial charge in [0.25, 0.3) is 0 Å². The molecule has 0 unspecified atom stereocenters. The SMILES string of the molecule is COCCN(C)Cc1nc(N)c2ccsc2n1. The summed E-state index contributed by atoms with van der Waals surface area (Å²) in [5.74, 6) is 1.32. The third-order valence-electron chi connectivity index (χ3n) is 2.49. The van der Waals surface area contributed by atoms with Crippen molar-refractivity contribution in [3.05, 3.63) is 17.3 Å². The first-order valence-corrected chi connectivity index (χ1v) is 6.25. The van der Waals surface area contributed by atoms with E-state index in [1.165, 1.54) is 0 Å². The van der Waals surface area contributed by atoms with Gasteiger partial charge >= 0.3 is 0 Å². The molecular formula is C11H16N4OS. The lowest BCUT2D eigenvalue weighted by molar-refractivity contribution is 0.157. The number of nitrogens with two attached hydrogens (primary N) is 1. The number of fused-ring (bicyclic) bond motifs is 1. The Morgan fingerprint density at radius 1 is 1.47 bits per heavy atom. The summed E-state index contributed by atoms with van der Waals surface area (Å²) in [5.41, 5.74) is 5.89. The van der Waals surface area contributed by atoms with E-state index in [4.69, 9.17) is 10.5 Å². The highest BCUT2D eigenvalue weighted by Crippen LogP contribution is 2.22. The zero-order chi connectivity index (χ0) is 12.3. The van der Waals surface area contributed by atoms with Crippen molar-refractivity contribution in [1.29, 1.82) is 0 Å². The molecule has 0 saturated heterocycles. The first-order valence-electron chi connectivity index (χ1n) is 5.38. The Bertz CT molecular complexity index is 499. The molecule has 0 aromatic carbocycles. The minimum Gasteiger partial charge on any atom is -0.383 e. The fourth-order valence-corrected chi connectivity index (χ4v) is 2.35. The van der Waals surface area contributed by atoms with Crippen LogP contribution in [0, 0.1) is 0 Å². The molecule has 2 N–H and O–H groups in total. The van der Waals surface area contributed by atoms with Crippen molar-refractivity contribution in [2.24, 2.45) is 0 Å². The van der Waals surface area contributed by atoms with Gasteiger partial charge in [-0.25, -0.2) is 9.97 Å². The van der Waals surface area contributed by atoms with E-state index in [2.05, 4.69) is 14.9 Å². The summed E-state index contributed by atoms with van der Waals surface area (Å²) >= 11 is 1.59. The molecule has 6 heteroatoms. The van der Waals surface area contributed by atoms with Crippen LogP contribution in [0.25, 0.3) is 10.2 Å². The van der Waals surface area contributed by atoms with E-state index >= 15 is 0 Å². The van der Waals surface area contributed by atoms with Crippen molar-refractivity contribution >= 4 is 27.4 Å². The van der Waals surface area contributed by atoms with Gasteiger partial charge in [-0.15, -0.1) is 11.3 Å². The van der Waals surface area contributed by atoms with E-state index in [9.17, 15) is 0 Å². The minimum atomic E-state index is 0.561. The number of likely N-dealkylation sites (N-methyl/N-ethyl adjacent to an activating group) is 1. The maximum absolute atomic E-state index is 5.89. The van der Waals surface area contributed by atoms with Crippen LogP contribution in [0.2, 0.25) is 0 Å². The second-order valence-corrected chi connectivity index (χ2v) is 4.79. The molecule has 92 valence electrons. The Hall–Kier alpha value is -1.24. The van der Waals surface area contributed by atoms with Gasteiger partial charge in [0.2, 0.25) is 0 Å². The molecule has 2 heterocycles. The maximum atomic E-state index is 5.89. The molecule has 0 fully saturated rings. The maximum Gasteiger partial charge on any atom is 0.146 e. The van der Waals surface area contributed by atoms with E-state index in [0.717, 1.165) is 22.6 Å². The molecular weight excluding hydrogens is 236 g/mol. The number of methoxy groups -OCH3 is 1. The first kappa shape index (κ1) is 12.2. The van der Waals surface area contributed by atoms with E-state index in [1.54, 1.807) is 18.4 Å². The average molecular weight is 252 g/mol. The number of thiophene rings is 1. The van der Waals surface area contributed by atoms with Gasteiger partial charge in [0.05, 0.1) is 18.5 Å². The zero-order valence-corrected chi connectivity index (χ0v) is 10.8. The highest BCUT2D eigenvalue weighted by Gasteiger charge is 2.08. The summed E-state index contributed by atoms with van der Waals surface area (Å²) in [5, 5.41) is 2.92. The predicted molar refractivity (Wildman–Crippen MR) is 70.0 cm³/mol. The molecule has 0 atom stereocenters. The second kappa shape index (κ2) is 5.39. The van der Waals surface area contributed by atoms with Gasteiger partial charge in [-0.3, -0.25) is 4.90 Å². The lowest BCUT2D eigenvalue weighted by Crippen LogP contribution is -2.23. The molecule has 0 bridgehead atoms. The van der Waals surface area contributed by atoms with E-state index in [1.807, 2.05) is 18.5 Å². The van der Waals surface area contributed by atoms with Crippen molar-refractivity contribution in [2.45, 2.75) is 6.54 Å². The normalized spacial score (nSPS) is 11.5. The number of ether oxygens (including phenoxy) is 1. The average Bonchev–Trinajstić information content (AvgIpc) is 2.75. The van der Waals surface area contributed by atoms with Crippen LogP contribution in [0.4, 0.5) is 5.82 Å². The van der Waals surface area contributed by atoms with Crippen LogP contribution in [0.1, 0.15) is 5.82 Å². The highest BCUT2D eigenvalue weighted by molar-refractivity contribution is 7.16. The molecule has 2 aromatic heterocycles. The molecule has 0 aliphatic rings. The van der Waals surface area contributed by atoms with Crippen LogP contribution >= 0.6 is 11.3 Å². The molecule has 0 amide bonds. The van der Waals surface area contributed by atoms with Crippen LogP contribution in [0.3, 0.4) is 0 Å². The number of hydrogen-bond acceptors (Lipinski definition) is 6. The molecule has 17 heavy (non-hydrogen) atoms. The smallest absolute Gasteiger partial charge is 0.146 e. The summed E-state index contributed by atoms with van der Waals surface area (Å²) in [6.45, 7) is 2.23. The number of aromatic nitrogens is 2. The van der Waals surface area contributed by atoms with Crippen molar-refractivity contribution in [3.8, 4) is 0 Å². The largest absolute Gasteiger partial charge is 0.383 e. The number of nitrogens with zero attached hydrogens (tertiary/aromatic N) is 3. The van der Waals surface area contributed by atoms with Gasteiger partial charge in [-0.2, -0.15) is 0 Å². The van der Waals surface area contributed by atoms with Crippen molar-refractivity contribution in [2.75, 3.05) is 33.0 Å².